The summed E-state index contributed by atoms with van der Waals surface area (Å²) < 4.78 is 0. The molecule has 6 nitrogen and oxygen atoms in total. The van der Waals surface area contributed by atoms with Crippen LogP contribution >= 0.6 is 0 Å². The SMILES string of the molecule is CCc1ccccc1NC(=O)c1cnc(Nc2cccc(C#N)c2)nc1. The van der Waals surface area contributed by atoms with Crippen molar-refractivity contribution in [1.82, 2.24) is 9.97 Å². The summed E-state index contributed by atoms with van der Waals surface area (Å²) in [4.78, 5) is 20.7. The van der Waals surface area contributed by atoms with Gasteiger partial charge in [-0.2, -0.15) is 5.26 Å². The monoisotopic (exact) mass is 343 g/mol. The van der Waals surface area contributed by atoms with Gasteiger partial charge in [-0.1, -0.05) is 31.2 Å². The number of aryl methyl sites for hydroxylation is 1. The molecule has 2 aromatic carbocycles. The number of anilines is 3. The van der Waals surface area contributed by atoms with E-state index in [2.05, 4.69) is 26.7 Å². The van der Waals surface area contributed by atoms with Gasteiger partial charge in [-0.25, -0.2) is 9.97 Å². The number of carbonyl (C=O) groups is 1. The third-order valence-corrected chi connectivity index (χ3v) is 3.81. The molecule has 1 aromatic heterocycles. The molecule has 0 aliphatic rings. The molecule has 0 radical (unpaired) electrons. The van der Waals surface area contributed by atoms with Gasteiger partial charge in [-0.05, 0) is 36.2 Å². The summed E-state index contributed by atoms with van der Waals surface area (Å²) in [6.07, 6.45) is 3.76. The molecule has 0 saturated heterocycles. The van der Waals surface area contributed by atoms with Gasteiger partial charge in [0, 0.05) is 23.8 Å². The number of nitrogens with zero attached hydrogens (tertiary/aromatic N) is 3. The molecule has 0 saturated carbocycles. The van der Waals surface area contributed by atoms with E-state index in [1.807, 2.05) is 37.3 Å². The highest BCUT2D eigenvalue weighted by Gasteiger charge is 2.10. The zero-order valence-electron chi connectivity index (χ0n) is 14.2. The van der Waals surface area contributed by atoms with E-state index in [4.69, 9.17) is 5.26 Å². The summed E-state index contributed by atoms with van der Waals surface area (Å²) in [5.41, 5.74) is 3.47. The molecule has 0 aliphatic carbocycles. The molecule has 0 spiro atoms. The number of hydrogen-bond donors (Lipinski definition) is 2. The van der Waals surface area contributed by atoms with Gasteiger partial charge in [0.1, 0.15) is 0 Å². The number of rotatable bonds is 5. The Balaban J connectivity index is 1.70. The van der Waals surface area contributed by atoms with Crippen molar-refractivity contribution in [1.29, 1.82) is 5.26 Å². The lowest BCUT2D eigenvalue weighted by Crippen LogP contribution is -2.14. The van der Waals surface area contributed by atoms with E-state index in [0.717, 1.165) is 17.7 Å². The second kappa shape index (κ2) is 7.90. The smallest absolute Gasteiger partial charge is 0.258 e. The number of benzene rings is 2. The van der Waals surface area contributed by atoms with Crippen molar-refractivity contribution in [3.63, 3.8) is 0 Å². The Morgan fingerprint density at radius 3 is 2.62 bits per heavy atom. The molecule has 0 aliphatic heterocycles. The maximum Gasteiger partial charge on any atom is 0.258 e. The summed E-state index contributed by atoms with van der Waals surface area (Å²) >= 11 is 0. The van der Waals surface area contributed by atoms with Gasteiger partial charge in [0.15, 0.2) is 0 Å². The highest BCUT2D eigenvalue weighted by Crippen LogP contribution is 2.17. The summed E-state index contributed by atoms with van der Waals surface area (Å²) in [6, 6.07) is 16.8. The van der Waals surface area contributed by atoms with E-state index < -0.39 is 0 Å². The summed E-state index contributed by atoms with van der Waals surface area (Å²) in [6.45, 7) is 2.04. The van der Waals surface area contributed by atoms with Crippen molar-refractivity contribution in [2.45, 2.75) is 13.3 Å². The van der Waals surface area contributed by atoms with Gasteiger partial charge >= 0.3 is 0 Å². The average Bonchev–Trinajstić information content (AvgIpc) is 2.69. The molecule has 1 heterocycles. The number of carbonyl (C=O) groups excluding carboxylic acids is 1. The molecule has 6 heteroatoms. The molecule has 1 amide bonds. The molecule has 0 fully saturated rings. The van der Waals surface area contributed by atoms with Crippen LogP contribution in [0.25, 0.3) is 0 Å². The predicted octanol–water partition coefficient (Wildman–Crippen LogP) is 3.91. The van der Waals surface area contributed by atoms with E-state index >= 15 is 0 Å². The number of amides is 1. The van der Waals surface area contributed by atoms with Crippen molar-refractivity contribution in [2.75, 3.05) is 10.6 Å². The van der Waals surface area contributed by atoms with Gasteiger partial charge in [0.05, 0.1) is 17.2 Å². The maximum absolute atomic E-state index is 12.4. The van der Waals surface area contributed by atoms with Gasteiger partial charge in [-0.3, -0.25) is 4.79 Å². The van der Waals surface area contributed by atoms with Crippen molar-refractivity contribution in [3.05, 3.63) is 77.6 Å². The topological polar surface area (TPSA) is 90.7 Å². The van der Waals surface area contributed by atoms with E-state index in [-0.39, 0.29) is 5.91 Å². The van der Waals surface area contributed by atoms with E-state index in [0.29, 0.717) is 22.8 Å². The van der Waals surface area contributed by atoms with Crippen molar-refractivity contribution >= 4 is 23.2 Å². The molecule has 0 unspecified atom stereocenters. The zero-order valence-corrected chi connectivity index (χ0v) is 14.2. The third-order valence-electron chi connectivity index (χ3n) is 3.81. The minimum atomic E-state index is -0.260. The lowest BCUT2D eigenvalue weighted by Gasteiger charge is -2.10. The average molecular weight is 343 g/mol. The Kier molecular flexibility index (Phi) is 5.20. The second-order valence-electron chi connectivity index (χ2n) is 5.58. The van der Waals surface area contributed by atoms with Gasteiger partial charge in [-0.15, -0.1) is 0 Å². The zero-order chi connectivity index (χ0) is 18.4. The van der Waals surface area contributed by atoms with Crippen LogP contribution in [0.15, 0.2) is 60.9 Å². The molecule has 3 aromatic rings. The summed E-state index contributed by atoms with van der Waals surface area (Å²) in [7, 11) is 0. The molecule has 0 atom stereocenters. The number of nitrogens with one attached hydrogen (secondary N) is 2. The lowest BCUT2D eigenvalue weighted by atomic mass is 10.1. The van der Waals surface area contributed by atoms with Gasteiger partial charge in [0.2, 0.25) is 5.95 Å². The Bertz CT molecular complexity index is 960. The Labute approximate surface area is 151 Å². The molecule has 0 bridgehead atoms. The van der Waals surface area contributed by atoms with Crippen molar-refractivity contribution in [3.8, 4) is 6.07 Å². The molecule has 2 N–H and O–H groups in total. The number of nitriles is 1. The van der Waals surface area contributed by atoms with Crippen LogP contribution in [-0.2, 0) is 6.42 Å². The quantitative estimate of drug-likeness (QED) is 0.733. The molecule has 26 heavy (non-hydrogen) atoms. The Morgan fingerprint density at radius 1 is 1.12 bits per heavy atom. The largest absolute Gasteiger partial charge is 0.324 e. The standard InChI is InChI=1S/C20H17N5O/c1-2-15-7-3-4-9-18(15)25-19(26)16-12-22-20(23-13-16)24-17-8-5-6-14(10-17)11-21/h3-10,12-13H,2H2,1H3,(H,25,26)(H,22,23,24). The van der Waals surface area contributed by atoms with E-state index in [1.54, 1.807) is 18.2 Å². The minimum absolute atomic E-state index is 0.260. The van der Waals surface area contributed by atoms with E-state index in [1.165, 1.54) is 12.4 Å². The van der Waals surface area contributed by atoms with Crippen LogP contribution in [-0.4, -0.2) is 15.9 Å². The molecule has 3 rings (SSSR count). The first-order valence-corrected chi connectivity index (χ1v) is 8.18. The van der Waals surface area contributed by atoms with Gasteiger partial charge in [0.25, 0.3) is 5.91 Å². The van der Waals surface area contributed by atoms with Crippen LogP contribution < -0.4 is 10.6 Å². The fourth-order valence-electron chi connectivity index (χ4n) is 2.45. The van der Waals surface area contributed by atoms with Crippen molar-refractivity contribution < 1.29 is 4.79 Å². The maximum atomic E-state index is 12.4. The first-order valence-electron chi connectivity index (χ1n) is 8.18. The lowest BCUT2D eigenvalue weighted by molar-refractivity contribution is 0.102. The first kappa shape index (κ1) is 17.1. The summed E-state index contributed by atoms with van der Waals surface area (Å²) in [5, 5.41) is 14.8. The van der Waals surface area contributed by atoms with Crippen LogP contribution in [0.2, 0.25) is 0 Å². The van der Waals surface area contributed by atoms with Crippen LogP contribution in [0, 0.1) is 11.3 Å². The van der Waals surface area contributed by atoms with Crippen LogP contribution in [0.3, 0.4) is 0 Å². The highest BCUT2D eigenvalue weighted by molar-refractivity contribution is 6.04. The predicted molar refractivity (Wildman–Crippen MR) is 100 cm³/mol. The minimum Gasteiger partial charge on any atom is -0.324 e. The Hall–Kier alpha value is -3.72. The molecular weight excluding hydrogens is 326 g/mol. The fraction of sp³-hybridized carbons (Fsp3) is 0.100. The molecule has 128 valence electrons. The third kappa shape index (κ3) is 4.02. The van der Waals surface area contributed by atoms with E-state index in [9.17, 15) is 4.79 Å². The van der Waals surface area contributed by atoms with Crippen LogP contribution in [0.4, 0.5) is 17.3 Å². The second-order valence-corrected chi connectivity index (χ2v) is 5.58. The normalized spacial score (nSPS) is 10.0. The number of aromatic nitrogens is 2. The van der Waals surface area contributed by atoms with Gasteiger partial charge < -0.3 is 10.6 Å². The summed E-state index contributed by atoms with van der Waals surface area (Å²) in [5.74, 6) is 0.0922. The number of para-hydroxylation sites is 1. The number of hydrogen-bond acceptors (Lipinski definition) is 5. The van der Waals surface area contributed by atoms with Crippen LogP contribution in [0.5, 0.6) is 0 Å². The fourth-order valence-corrected chi connectivity index (χ4v) is 2.45. The Morgan fingerprint density at radius 2 is 1.88 bits per heavy atom. The van der Waals surface area contributed by atoms with Crippen molar-refractivity contribution in [2.24, 2.45) is 0 Å². The van der Waals surface area contributed by atoms with Crippen LogP contribution in [0.1, 0.15) is 28.4 Å². The highest BCUT2D eigenvalue weighted by atomic mass is 16.1. The first-order chi connectivity index (χ1) is 12.7. The molecular formula is C20H17N5O.